The summed E-state index contributed by atoms with van der Waals surface area (Å²) in [4.78, 5) is 33.9. The van der Waals surface area contributed by atoms with E-state index in [1.54, 1.807) is 4.90 Å². The van der Waals surface area contributed by atoms with Gasteiger partial charge in [-0.15, -0.1) is 0 Å². The summed E-state index contributed by atoms with van der Waals surface area (Å²) in [5.41, 5.74) is 0. The smallest absolute Gasteiger partial charge is 0.0945 e. The Labute approximate surface area is 142 Å². The lowest BCUT2D eigenvalue weighted by atomic mass is 10.1. The molecule has 1 saturated heterocycles. The summed E-state index contributed by atoms with van der Waals surface area (Å²) in [6, 6.07) is -1.76. The van der Waals surface area contributed by atoms with Gasteiger partial charge < -0.3 is 40.1 Å². The summed E-state index contributed by atoms with van der Waals surface area (Å²) in [5.74, 6) is -4.17. The van der Waals surface area contributed by atoms with E-state index in [0.29, 0.717) is 19.4 Å². The van der Waals surface area contributed by atoms with Gasteiger partial charge in [-0.1, -0.05) is 14.9 Å². The monoisotopic (exact) mass is 347 g/mol. The number of nitrogens with zero attached hydrogens (tertiary/aromatic N) is 1. The lowest BCUT2D eigenvalue weighted by molar-refractivity contribution is -0.315. The van der Waals surface area contributed by atoms with Crippen LogP contribution in [0.15, 0.2) is 0 Å². The lowest BCUT2D eigenvalue weighted by Gasteiger charge is -2.28. The Morgan fingerprint density at radius 3 is 2.25 bits per heavy atom. The maximum Gasteiger partial charge on any atom is 0.0945 e. The number of carboxylic acid groups (broad SMARTS) is 3. The van der Waals surface area contributed by atoms with Gasteiger partial charge in [0.15, 0.2) is 0 Å². The number of rotatable bonds is 10. The molecule has 0 aliphatic carbocycles. The minimum atomic E-state index is -1.67. The molecule has 9 nitrogen and oxygen atoms in total. The molecule has 0 aromatic carbocycles. The molecule has 0 amide bonds. The van der Waals surface area contributed by atoms with Crippen LogP contribution in [-0.4, -0.2) is 65.7 Å². The SMILES string of the molecule is C.C.O=C([O-])C(O)CCNC(CCN1CCCC1C(=O)[O-])C(=O)[O-]. The van der Waals surface area contributed by atoms with Gasteiger partial charge in [-0.2, -0.15) is 0 Å². The zero-order valence-electron chi connectivity index (χ0n) is 12.0. The highest BCUT2D eigenvalue weighted by Gasteiger charge is 2.25. The first-order valence-electron chi connectivity index (χ1n) is 7.11. The first-order valence-corrected chi connectivity index (χ1v) is 7.11. The summed E-state index contributed by atoms with van der Waals surface area (Å²) in [6.45, 7) is 0.757. The first-order chi connectivity index (χ1) is 10.3. The van der Waals surface area contributed by atoms with Gasteiger partial charge in [0.2, 0.25) is 0 Å². The van der Waals surface area contributed by atoms with Crippen LogP contribution in [0.25, 0.3) is 0 Å². The van der Waals surface area contributed by atoms with Crippen LogP contribution in [0.1, 0.15) is 40.5 Å². The van der Waals surface area contributed by atoms with Crippen molar-refractivity contribution in [1.82, 2.24) is 10.2 Å². The van der Waals surface area contributed by atoms with E-state index in [1.807, 2.05) is 0 Å². The van der Waals surface area contributed by atoms with Crippen molar-refractivity contribution in [3.05, 3.63) is 0 Å². The number of aliphatic hydroxyl groups is 1. The molecular weight excluding hydrogens is 320 g/mol. The number of hydrogen-bond acceptors (Lipinski definition) is 9. The van der Waals surface area contributed by atoms with Gasteiger partial charge in [-0.3, -0.25) is 4.90 Å². The lowest BCUT2D eigenvalue weighted by Crippen LogP contribution is -2.50. The van der Waals surface area contributed by atoms with Crippen LogP contribution < -0.4 is 20.6 Å². The largest absolute Gasteiger partial charge is 0.548 e. The van der Waals surface area contributed by atoms with Crippen molar-refractivity contribution in [2.24, 2.45) is 0 Å². The third-order valence-corrected chi connectivity index (χ3v) is 3.71. The number of aliphatic hydroxyl groups excluding tert-OH is 1. The summed E-state index contributed by atoms with van der Waals surface area (Å²) in [6.07, 6.45) is -0.579. The molecule has 9 heteroatoms. The maximum atomic E-state index is 11.0. The van der Waals surface area contributed by atoms with Crippen LogP contribution in [0.3, 0.4) is 0 Å². The molecule has 142 valence electrons. The highest BCUT2D eigenvalue weighted by atomic mass is 16.4. The topological polar surface area (TPSA) is 156 Å². The van der Waals surface area contributed by atoms with Crippen LogP contribution in [0.4, 0.5) is 0 Å². The molecular formula is C15H27N2O7-3. The molecule has 3 atom stereocenters. The van der Waals surface area contributed by atoms with Crippen LogP contribution in [0, 0.1) is 0 Å². The average Bonchev–Trinajstić information content (AvgIpc) is 2.90. The predicted octanol–water partition coefficient (Wildman–Crippen LogP) is -3.93. The molecule has 1 aliphatic rings. The summed E-state index contributed by atoms with van der Waals surface area (Å²) >= 11 is 0. The van der Waals surface area contributed by atoms with E-state index in [4.69, 9.17) is 5.11 Å². The maximum absolute atomic E-state index is 11.0. The number of aliphatic carboxylic acids is 3. The zero-order valence-corrected chi connectivity index (χ0v) is 12.0. The van der Waals surface area contributed by atoms with Crippen molar-refractivity contribution in [3.63, 3.8) is 0 Å². The Balaban J connectivity index is 0. The highest BCUT2D eigenvalue weighted by molar-refractivity contribution is 5.72. The molecule has 1 fully saturated rings. The minimum absolute atomic E-state index is 0. The molecule has 0 radical (unpaired) electrons. The number of likely N-dealkylation sites (tertiary alicyclic amines) is 1. The molecule has 0 saturated carbocycles. The van der Waals surface area contributed by atoms with Crippen LogP contribution >= 0.6 is 0 Å². The third-order valence-electron chi connectivity index (χ3n) is 3.71. The van der Waals surface area contributed by atoms with Gasteiger partial charge in [0.1, 0.15) is 0 Å². The van der Waals surface area contributed by atoms with Crippen molar-refractivity contribution < 1.29 is 34.8 Å². The van der Waals surface area contributed by atoms with Crippen LogP contribution in [-0.2, 0) is 14.4 Å². The molecule has 0 aromatic rings. The molecule has 0 spiro atoms. The Bertz CT molecular complexity index is 417. The fourth-order valence-corrected chi connectivity index (χ4v) is 2.47. The molecule has 2 N–H and O–H groups in total. The molecule has 0 bridgehead atoms. The van der Waals surface area contributed by atoms with Gasteiger partial charge >= 0.3 is 0 Å². The van der Waals surface area contributed by atoms with Crippen LogP contribution in [0.2, 0.25) is 0 Å². The van der Waals surface area contributed by atoms with E-state index in [-0.39, 0.29) is 40.8 Å². The molecule has 1 rings (SSSR count). The van der Waals surface area contributed by atoms with Gasteiger partial charge in [0.05, 0.1) is 24.0 Å². The van der Waals surface area contributed by atoms with Crippen molar-refractivity contribution >= 4 is 17.9 Å². The first kappa shape index (κ1) is 24.5. The fourth-order valence-electron chi connectivity index (χ4n) is 2.47. The van der Waals surface area contributed by atoms with Gasteiger partial charge in [0.25, 0.3) is 0 Å². The third kappa shape index (κ3) is 7.71. The van der Waals surface area contributed by atoms with E-state index in [1.165, 1.54) is 0 Å². The van der Waals surface area contributed by atoms with Gasteiger partial charge in [0, 0.05) is 18.6 Å². The van der Waals surface area contributed by atoms with Crippen molar-refractivity contribution in [2.45, 2.75) is 58.7 Å². The van der Waals surface area contributed by atoms with E-state index in [2.05, 4.69) is 5.32 Å². The second-order valence-electron chi connectivity index (χ2n) is 5.25. The van der Waals surface area contributed by atoms with E-state index >= 15 is 0 Å². The molecule has 0 aromatic heterocycles. The van der Waals surface area contributed by atoms with E-state index < -0.39 is 36.1 Å². The Hall–Kier alpha value is -1.71. The predicted molar refractivity (Wildman–Crippen MR) is 80.1 cm³/mol. The Morgan fingerprint density at radius 1 is 1.12 bits per heavy atom. The summed E-state index contributed by atoms with van der Waals surface area (Å²) in [7, 11) is 0. The second-order valence-corrected chi connectivity index (χ2v) is 5.25. The Morgan fingerprint density at radius 2 is 1.75 bits per heavy atom. The number of nitrogens with one attached hydrogen (secondary N) is 1. The summed E-state index contributed by atoms with van der Waals surface area (Å²) < 4.78 is 0. The molecule has 1 aliphatic heterocycles. The number of carbonyl (C=O) groups excluding carboxylic acids is 3. The normalized spacial score (nSPS) is 19.6. The van der Waals surface area contributed by atoms with Crippen molar-refractivity contribution in [2.75, 3.05) is 19.6 Å². The van der Waals surface area contributed by atoms with Crippen molar-refractivity contribution in [3.8, 4) is 0 Å². The Kier molecular flexibility index (Phi) is 12.0. The number of carbonyl (C=O) groups is 3. The van der Waals surface area contributed by atoms with Crippen LogP contribution in [0.5, 0.6) is 0 Å². The number of carboxylic acids is 3. The average molecular weight is 347 g/mol. The van der Waals surface area contributed by atoms with Gasteiger partial charge in [-0.05, 0) is 38.8 Å². The van der Waals surface area contributed by atoms with E-state index in [0.717, 1.165) is 0 Å². The van der Waals surface area contributed by atoms with Gasteiger partial charge in [-0.25, -0.2) is 0 Å². The molecule has 24 heavy (non-hydrogen) atoms. The standard InChI is InChI=1S/C13H22N2O7.2CH4/c16-10(13(21)22)3-5-14-8(11(17)18)4-7-15-6-1-2-9(15)12(19)20;;/h8-10,14,16H,1-7H2,(H,17,18)(H,19,20)(H,21,22);2*1H4/p-3. The van der Waals surface area contributed by atoms with Crippen molar-refractivity contribution in [1.29, 1.82) is 0 Å². The quantitative estimate of drug-likeness (QED) is 0.403. The number of hydrogen-bond donors (Lipinski definition) is 2. The second kappa shape index (κ2) is 11.8. The molecule has 1 heterocycles. The minimum Gasteiger partial charge on any atom is -0.548 e. The fraction of sp³-hybridized carbons (Fsp3) is 0.800. The highest BCUT2D eigenvalue weighted by Crippen LogP contribution is 2.17. The molecule has 3 unspecified atom stereocenters. The summed E-state index contributed by atoms with van der Waals surface area (Å²) in [5, 5.41) is 43.9. The zero-order chi connectivity index (χ0) is 16.7. The van der Waals surface area contributed by atoms with E-state index in [9.17, 15) is 29.7 Å².